The molecule has 0 bridgehead atoms. The van der Waals surface area contributed by atoms with E-state index in [1.165, 1.54) is 18.1 Å². The van der Waals surface area contributed by atoms with Crippen molar-refractivity contribution in [2.45, 2.75) is 13.0 Å². The molecule has 1 atom stereocenters. The zero-order valence-electron chi connectivity index (χ0n) is 11.6. The van der Waals surface area contributed by atoms with Crippen LogP contribution in [0.25, 0.3) is 0 Å². The van der Waals surface area contributed by atoms with Crippen LogP contribution >= 0.6 is 0 Å². The fourth-order valence-electron chi connectivity index (χ4n) is 2.49. The van der Waals surface area contributed by atoms with Gasteiger partial charge < -0.3 is 9.64 Å². The molecule has 1 saturated heterocycles. The maximum atomic E-state index is 14.0. The van der Waals surface area contributed by atoms with Crippen molar-refractivity contribution in [1.29, 1.82) is 0 Å². The maximum absolute atomic E-state index is 14.0. The first-order valence-electron chi connectivity index (χ1n) is 6.40. The van der Waals surface area contributed by atoms with Crippen LogP contribution in [0.5, 0.6) is 5.75 Å². The highest BCUT2D eigenvalue weighted by atomic mass is 32.2. The summed E-state index contributed by atoms with van der Waals surface area (Å²) in [5.41, 5.74) is 0.332. The monoisotopic (exact) mass is 316 g/mol. The van der Waals surface area contributed by atoms with Crippen molar-refractivity contribution in [3.63, 3.8) is 0 Å². The number of primary sulfonamides is 1. The van der Waals surface area contributed by atoms with E-state index >= 15 is 0 Å². The second-order valence-corrected chi connectivity index (χ2v) is 6.77. The molecule has 0 radical (unpaired) electrons. The minimum atomic E-state index is -3.62. The number of methoxy groups -OCH3 is 1. The molecule has 8 heteroatoms. The molecule has 6 nitrogen and oxygen atoms in total. The average molecular weight is 316 g/mol. The molecule has 21 heavy (non-hydrogen) atoms. The summed E-state index contributed by atoms with van der Waals surface area (Å²) < 4.78 is 41.1. The van der Waals surface area contributed by atoms with E-state index < -0.39 is 15.8 Å². The minimum absolute atomic E-state index is 0.0863. The van der Waals surface area contributed by atoms with E-state index in [1.54, 1.807) is 12.1 Å². The van der Waals surface area contributed by atoms with E-state index in [0.717, 1.165) is 0 Å². The maximum Gasteiger partial charge on any atom is 0.223 e. The summed E-state index contributed by atoms with van der Waals surface area (Å²) in [6, 6.07) is 4.70. The fourth-order valence-corrected chi connectivity index (χ4v) is 3.37. The van der Waals surface area contributed by atoms with E-state index in [-0.39, 0.29) is 42.8 Å². The minimum Gasteiger partial charge on any atom is -0.494 e. The zero-order chi connectivity index (χ0) is 15.6. The lowest BCUT2D eigenvalue weighted by Crippen LogP contribution is -2.27. The van der Waals surface area contributed by atoms with Crippen LogP contribution < -0.4 is 9.88 Å². The standard InChI is InChI=1S/C13H17FN2O4S/c1-20-11-4-2-3-10(13(11)14)7-16-6-9(5-12(16)17)8-21(15,18)19/h2-4,9H,5-8H2,1H3,(H2,15,18,19). The number of sulfonamides is 1. The Bertz CT molecular complexity index is 648. The second-order valence-electron chi connectivity index (χ2n) is 5.11. The summed E-state index contributed by atoms with van der Waals surface area (Å²) in [5, 5.41) is 4.99. The molecule has 1 amide bonds. The van der Waals surface area contributed by atoms with Crippen LogP contribution in [0.15, 0.2) is 18.2 Å². The summed E-state index contributed by atoms with van der Waals surface area (Å²) in [5.74, 6) is -1.19. The lowest BCUT2D eigenvalue weighted by atomic mass is 10.1. The Hall–Kier alpha value is -1.67. The van der Waals surface area contributed by atoms with E-state index in [4.69, 9.17) is 9.88 Å². The largest absolute Gasteiger partial charge is 0.494 e. The first-order chi connectivity index (χ1) is 9.80. The number of rotatable bonds is 5. The molecule has 0 saturated carbocycles. The van der Waals surface area contributed by atoms with Gasteiger partial charge in [0.15, 0.2) is 11.6 Å². The van der Waals surface area contributed by atoms with Gasteiger partial charge in [0.25, 0.3) is 0 Å². The van der Waals surface area contributed by atoms with Crippen LogP contribution in [0.3, 0.4) is 0 Å². The number of carbonyl (C=O) groups is 1. The van der Waals surface area contributed by atoms with Crippen molar-refractivity contribution in [2.75, 3.05) is 19.4 Å². The normalized spacial score (nSPS) is 19.1. The second kappa shape index (κ2) is 5.98. The highest BCUT2D eigenvalue weighted by Crippen LogP contribution is 2.25. The fraction of sp³-hybridized carbons (Fsp3) is 0.462. The van der Waals surface area contributed by atoms with Crippen molar-refractivity contribution in [3.05, 3.63) is 29.6 Å². The molecule has 2 rings (SSSR count). The Kier molecular flexibility index (Phi) is 4.48. The molecule has 0 aliphatic carbocycles. The van der Waals surface area contributed by atoms with Gasteiger partial charge in [-0.15, -0.1) is 0 Å². The van der Waals surface area contributed by atoms with Gasteiger partial charge in [-0.25, -0.2) is 17.9 Å². The third-order valence-corrected chi connectivity index (χ3v) is 4.32. The zero-order valence-corrected chi connectivity index (χ0v) is 12.4. The Balaban J connectivity index is 2.09. The number of halogens is 1. The molecule has 1 aliphatic rings. The van der Waals surface area contributed by atoms with Crippen LogP contribution in [0.2, 0.25) is 0 Å². The van der Waals surface area contributed by atoms with Crippen LogP contribution in [-0.4, -0.2) is 38.6 Å². The van der Waals surface area contributed by atoms with Crippen LogP contribution in [0.1, 0.15) is 12.0 Å². The van der Waals surface area contributed by atoms with Gasteiger partial charge in [-0.1, -0.05) is 12.1 Å². The van der Waals surface area contributed by atoms with Crippen molar-refractivity contribution in [2.24, 2.45) is 11.1 Å². The topological polar surface area (TPSA) is 89.7 Å². The van der Waals surface area contributed by atoms with Crippen molar-refractivity contribution >= 4 is 15.9 Å². The molecule has 2 N–H and O–H groups in total. The number of ether oxygens (including phenoxy) is 1. The number of benzene rings is 1. The average Bonchev–Trinajstić information content (AvgIpc) is 2.70. The third kappa shape index (κ3) is 3.92. The third-order valence-electron chi connectivity index (χ3n) is 3.39. The lowest BCUT2D eigenvalue weighted by Gasteiger charge is -2.17. The summed E-state index contributed by atoms with van der Waals surface area (Å²) in [4.78, 5) is 13.3. The molecule has 1 heterocycles. The summed E-state index contributed by atoms with van der Waals surface area (Å²) in [6.45, 7) is 0.342. The molecule has 0 spiro atoms. The van der Waals surface area contributed by atoms with Gasteiger partial charge in [0.05, 0.1) is 12.9 Å². The Labute approximate surface area is 122 Å². The molecule has 1 unspecified atom stereocenters. The molecule has 1 fully saturated rings. The highest BCUT2D eigenvalue weighted by molar-refractivity contribution is 7.89. The van der Waals surface area contributed by atoms with Crippen molar-refractivity contribution < 1.29 is 22.3 Å². The number of hydrogen-bond acceptors (Lipinski definition) is 4. The number of likely N-dealkylation sites (tertiary alicyclic amines) is 1. The van der Waals surface area contributed by atoms with Gasteiger partial charge in [-0.3, -0.25) is 4.79 Å². The molecule has 1 aliphatic heterocycles. The van der Waals surface area contributed by atoms with E-state index in [2.05, 4.69) is 0 Å². The summed E-state index contributed by atoms with van der Waals surface area (Å²) in [7, 11) is -2.25. The molecule has 1 aromatic rings. The Morgan fingerprint density at radius 1 is 1.48 bits per heavy atom. The molecule has 1 aromatic carbocycles. The van der Waals surface area contributed by atoms with Crippen LogP contribution in [-0.2, 0) is 21.4 Å². The predicted octanol–water partition coefficient (Wildman–Crippen LogP) is 0.471. The number of carbonyl (C=O) groups excluding carboxylic acids is 1. The SMILES string of the molecule is COc1cccc(CN2CC(CS(N)(=O)=O)CC2=O)c1F. The van der Waals surface area contributed by atoms with Gasteiger partial charge in [0, 0.05) is 31.0 Å². The molecular formula is C13H17FN2O4S. The van der Waals surface area contributed by atoms with Gasteiger partial charge in [0.2, 0.25) is 15.9 Å². The molecule has 0 aromatic heterocycles. The summed E-state index contributed by atoms with van der Waals surface area (Å²) in [6.07, 6.45) is 0.113. The highest BCUT2D eigenvalue weighted by Gasteiger charge is 2.32. The van der Waals surface area contributed by atoms with Crippen LogP contribution in [0, 0.1) is 11.7 Å². The molecule has 116 valence electrons. The number of nitrogens with two attached hydrogens (primary N) is 1. The van der Waals surface area contributed by atoms with Gasteiger partial charge >= 0.3 is 0 Å². The smallest absolute Gasteiger partial charge is 0.223 e. The van der Waals surface area contributed by atoms with E-state index in [1.807, 2.05) is 0 Å². The van der Waals surface area contributed by atoms with E-state index in [0.29, 0.717) is 5.56 Å². The quantitative estimate of drug-likeness (QED) is 0.855. The van der Waals surface area contributed by atoms with Gasteiger partial charge in [-0.05, 0) is 6.07 Å². The van der Waals surface area contributed by atoms with Gasteiger partial charge in [0.1, 0.15) is 0 Å². The predicted molar refractivity (Wildman–Crippen MR) is 74.5 cm³/mol. The first kappa shape index (κ1) is 15.7. The number of nitrogens with zero attached hydrogens (tertiary/aromatic N) is 1. The summed E-state index contributed by atoms with van der Waals surface area (Å²) >= 11 is 0. The lowest BCUT2D eigenvalue weighted by molar-refractivity contribution is -0.128. The molecular weight excluding hydrogens is 299 g/mol. The van der Waals surface area contributed by atoms with Crippen LogP contribution in [0.4, 0.5) is 4.39 Å². The Morgan fingerprint density at radius 2 is 2.19 bits per heavy atom. The van der Waals surface area contributed by atoms with Gasteiger partial charge in [-0.2, -0.15) is 0 Å². The van der Waals surface area contributed by atoms with E-state index in [9.17, 15) is 17.6 Å². The van der Waals surface area contributed by atoms with Crippen molar-refractivity contribution in [1.82, 2.24) is 4.90 Å². The Morgan fingerprint density at radius 3 is 2.81 bits per heavy atom. The first-order valence-corrected chi connectivity index (χ1v) is 8.11. The number of amides is 1. The number of hydrogen-bond donors (Lipinski definition) is 1. The van der Waals surface area contributed by atoms with Crippen molar-refractivity contribution in [3.8, 4) is 5.75 Å².